The van der Waals surface area contributed by atoms with Gasteiger partial charge < -0.3 is 9.47 Å². The number of ether oxygens (including phenoxy) is 2. The van der Waals surface area contributed by atoms with Crippen molar-refractivity contribution in [2.75, 3.05) is 13.2 Å². The van der Waals surface area contributed by atoms with Gasteiger partial charge >= 0.3 is 36.1 Å². The second kappa shape index (κ2) is 9.71. The fourth-order valence-electron chi connectivity index (χ4n) is 2.14. The molecule has 0 rings (SSSR count). The van der Waals surface area contributed by atoms with Crippen molar-refractivity contribution in [1.29, 1.82) is 0 Å². The molecule has 0 saturated heterocycles. The minimum Gasteiger partial charge on any atom is -0.458 e. The third-order valence-electron chi connectivity index (χ3n) is 4.10. The van der Waals surface area contributed by atoms with Crippen LogP contribution in [-0.4, -0.2) is 61.7 Å². The van der Waals surface area contributed by atoms with Crippen molar-refractivity contribution in [3.05, 3.63) is 0 Å². The van der Waals surface area contributed by atoms with Crippen LogP contribution in [-0.2, 0) is 19.1 Å². The van der Waals surface area contributed by atoms with E-state index >= 15 is 0 Å². The molecule has 184 valence electrons. The number of carbonyl (C=O) groups excluding carboxylic acids is 2. The lowest BCUT2D eigenvalue weighted by molar-refractivity contribution is -0.257. The van der Waals surface area contributed by atoms with Gasteiger partial charge in [0.1, 0.15) is 0 Å². The minimum atomic E-state index is -6.03. The number of carbonyl (C=O) groups is 2. The first-order valence-corrected chi connectivity index (χ1v) is 8.20. The Morgan fingerprint density at radius 2 is 0.903 bits per heavy atom. The molecule has 0 aliphatic heterocycles. The van der Waals surface area contributed by atoms with E-state index in [-0.39, 0.29) is 0 Å². The maximum absolute atomic E-state index is 13.2. The third kappa shape index (κ3) is 7.05. The van der Waals surface area contributed by atoms with E-state index in [1.54, 1.807) is 0 Å². The molecule has 31 heavy (non-hydrogen) atoms. The van der Waals surface area contributed by atoms with Crippen LogP contribution in [0.3, 0.4) is 0 Å². The molecule has 0 bridgehead atoms. The average molecular weight is 488 g/mol. The Morgan fingerprint density at radius 1 is 0.645 bits per heavy atom. The van der Waals surface area contributed by atoms with Crippen LogP contribution < -0.4 is 0 Å². The highest BCUT2D eigenvalue weighted by atomic mass is 19.4. The van der Waals surface area contributed by atoms with Crippen molar-refractivity contribution in [2.24, 2.45) is 5.41 Å². The van der Waals surface area contributed by atoms with Crippen LogP contribution in [0.4, 0.5) is 52.7 Å². The number of rotatable bonds is 10. The molecule has 0 aromatic heterocycles. The highest BCUT2D eigenvalue weighted by molar-refractivity contribution is 6.00. The number of hydrogen-bond donors (Lipinski definition) is 0. The predicted octanol–water partition coefficient (Wildman–Crippen LogP) is 4.95. The Morgan fingerprint density at radius 3 is 1.10 bits per heavy atom. The maximum Gasteiger partial charge on any atom is 0.425 e. The summed E-state index contributed by atoms with van der Waals surface area (Å²) in [5.41, 5.74) is -2.72. The average Bonchev–Trinajstić information content (AvgIpc) is 2.63. The van der Waals surface area contributed by atoms with E-state index in [0.717, 1.165) is 13.8 Å². The van der Waals surface area contributed by atoms with E-state index < -0.39 is 80.0 Å². The van der Waals surface area contributed by atoms with Crippen molar-refractivity contribution in [3.8, 4) is 0 Å². The number of alkyl halides is 12. The standard InChI is InChI=1S/C15H16F12O4/c1-3-11(4-2,9(28)30-5-12(18,19)7(16)14(22,23)24)10(29)31-6-13(20,21)8(17)15(25,26)27/h7-8H,3-6H2,1-2H3. The Hall–Kier alpha value is -1.90. The Kier molecular flexibility index (Phi) is 9.12. The third-order valence-corrected chi connectivity index (χ3v) is 4.10. The van der Waals surface area contributed by atoms with Crippen LogP contribution in [0, 0.1) is 5.41 Å². The van der Waals surface area contributed by atoms with Crippen molar-refractivity contribution in [3.63, 3.8) is 0 Å². The largest absolute Gasteiger partial charge is 0.458 e. The molecule has 0 amide bonds. The quantitative estimate of drug-likeness (QED) is 0.248. The number of hydrogen-bond acceptors (Lipinski definition) is 4. The lowest BCUT2D eigenvalue weighted by Gasteiger charge is -2.30. The smallest absolute Gasteiger partial charge is 0.425 e. The first kappa shape index (κ1) is 29.1. The first-order chi connectivity index (χ1) is 13.7. The Bertz CT molecular complexity index is 574. The summed E-state index contributed by atoms with van der Waals surface area (Å²) in [6.07, 6.45) is -23.1. The van der Waals surface area contributed by atoms with Crippen molar-refractivity contribution in [2.45, 2.75) is 63.2 Å². The van der Waals surface area contributed by atoms with Crippen LogP contribution >= 0.6 is 0 Å². The molecule has 0 aromatic rings. The van der Waals surface area contributed by atoms with Crippen LogP contribution in [0.2, 0.25) is 0 Å². The van der Waals surface area contributed by atoms with Crippen LogP contribution in [0.5, 0.6) is 0 Å². The molecule has 0 aliphatic carbocycles. The van der Waals surface area contributed by atoms with E-state index in [1.165, 1.54) is 0 Å². The number of esters is 2. The van der Waals surface area contributed by atoms with Gasteiger partial charge in [-0.05, 0) is 12.8 Å². The van der Waals surface area contributed by atoms with Crippen LogP contribution in [0.15, 0.2) is 0 Å². The van der Waals surface area contributed by atoms with E-state index in [9.17, 15) is 62.3 Å². The van der Waals surface area contributed by atoms with Gasteiger partial charge in [0.05, 0.1) is 0 Å². The van der Waals surface area contributed by atoms with Gasteiger partial charge in [0.2, 0.25) is 0 Å². The second-order valence-corrected chi connectivity index (χ2v) is 6.27. The predicted molar refractivity (Wildman–Crippen MR) is 76.7 cm³/mol. The molecule has 2 unspecified atom stereocenters. The second-order valence-electron chi connectivity index (χ2n) is 6.27. The van der Waals surface area contributed by atoms with Gasteiger partial charge in [0, 0.05) is 0 Å². The fourth-order valence-corrected chi connectivity index (χ4v) is 2.14. The van der Waals surface area contributed by atoms with Gasteiger partial charge in [-0.3, -0.25) is 9.59 Å². The van der Waals surface area contributed by atoms with Crippen LogP contribution in [0.25, 0.3) is 0 Å². The molecule has 0 fully saturated rings. The zero-order valence-corrected chi connectivity index (χ0v) is 15.7. The molecule has 0 radical (unpaired) electrons. The minimum absolute atomic E-state index is 0.755. The van der Waals surface area contributed by atoms with Crippen molar-refractivity contribution < 1.29 is 71.7 Å². The summed E-state index contributed by atoms with van der Waals surface area (Å²) in [6.45, 7) is -3.05. The van der Waals surface area contributed by atoms with Gasteiger partial charge in [-0.1, -0.05) is 13.8 Å². The van der Waals surface area contributed by atoms with Gasteiger partial charge in [-0.25, -0.2) is 8.78 Å². The first-order valence-electron chi connectivity index (χ1n) is 8.20. The van der Waals surface area contributed by atoms with Crippen molar-refractivity contribution in [1.82, 2.24) is 0 Å². The molecule has 0 aromatic carbocycles. The highest BCUT2D eigenvalue weighted by Gasteiger charge is 2.60. The SMILES string of the molecule is CCC(CC)(C(=O)OCC(F)(F)C(F)C(F)(F)F)C(=O)OCC(F)(F)C(F)C(F)(F)F. The molecule has 0 saturated carbocycles. The Balaban J connectivity index is 5.42. The molecule has 2 atom stereocenters. The molecule has 0 heterocycles. The van der Waals surface area contributed by atoms with Gasteiger partial charge in [-0.2, -0.15) is 43.9 Å². The lowest BCUT2D eigenvalue weighted by Crippen LogP contribution is -2.49. The molecule has 0 N–H and O–H groups in total. The van der Waals surface area contributed by atoms with Crippen molar-refractivity contribution >= 4 is 11.9 Å². The van der Waals surface area contributed by atoms with E-state index in [0.29, 0.717) is 0 Å². The molecule has 0 spiro atoms. The highest BCUT2D eigenvalue weighted by Crippen LogP contribution is 2.38. The summed E-state index contributed by atoms with van der Waals surface area (Å²) in [4.78, 5) is 24.0. The van der Waals surface area contributed by atoms with Crippen LogP contribution in [0.1, 0.15) is 26.7 Å². The Labute approximate surface area is 166 Å². The van der Waals surface area contributed by atoms with E-state index in [2.05, 4.69) is 9.47 Å². The lowest BCUT2D eigenvalue weighted by atomic mass is 9.82. The van der Waals surface area contributed by atoms with Gasteiger partial charge in [-0.15, -0.1) is 0 Å². The normalized spacial score (nSPS) is 15.9. The summed E-state index contributed by atoms with van der Waals surface area (Å²) in [7, 11) is 0. The summed E-state index contributed by atoms with van der Waals surface area (Å²) in [5, 5.41) is 0. The number of halogens is 12. The summed E-state index contributed by atoms with van der Waals surface area (Å²) < 4.78 is 159. The van der Waals surface area contributed by atoms with E-state index in [4.69, 9.17) is 0 Å². The monoisotopic (exact) mass is 488 g/mol. The van der Waals surface area contributed by atoms with Gasteiger partial charge in [0.25, 0.3) is 12.3 Å². The van der Waals surface area contributed by atoms with Gasteiger partial charge in [0.15, 0.2) is 18.6 Å². The molecule has 0 aliphatic rings. The summed E-state index contributed by atoms with van der Waals surface area (Å²) >= 11 is 0. The fraction of sp³-hybridized carbons (Fsp3) is 0.867. The molecular formula is C15H16F12O4. The zero-order chi connectivity index (χ0) is 25.1. The van der Waals surface area contributed by atoms with E-state index in [1.807, 2.05) is 0 Å². The molecular weight excluding hydrogens is 472 g/mol. The molecule has 4 nitrogen and oxygen atoms in total. The molecule has 16 heteroatoms. The zero-order valence-electron chi connectivity index (χ0n) is 15.7. The topological polar surface area (TPSA) is 52.6 Å². The summed E-state index contributed by atoms with van der Waals surface area (Å²) in [5.74, 6) is -14.6. The summed E-state index contributed by atoms with van der Waals surface area (Å²) in [6, 6.07) is 0. The maximum atomic E-state index is 13.2.